The minimum atomic E-state index is -0.553. The van der Waals surface area contributed by atoms with Crippen LogP contribution in [0.15, 0.2) is 0 Å². The van der Waals surface area contributed by atoms with Crippen molar-refractivity contribution in [3.63, 3.8) is 0 Å². The van der Waals surface area contributed by atoms with Crippen molar-refractivity contribution in [3.05, 3.63) is 0 Å². The lowest BCUT2D eigenvalue weighted by atomic mass is 9.70. The fourth-order valence-electron chi connectivity index (χ4n) is 4.84. The van der Waals surface area contributed by atoms with E-state index in [1.165, 1.54) is 51.4 Å². The maximum Gasteiger partial charge on any atom is 0.324 e. The largest absolute Gasteiger partial charge is 0.480 e. The van der Waals surface area contributed by atoms with E-state index in [1.54, 1.807) is 0 Å². The zero-order valence-electron chi connectivity index (χ0n) is 12.7. The SMILES string of the molecule is O=C(O)C1(N2CC3(CCCCCC3)C2)CCCCCC1. The average molecular weight is 279 g/mol. The normalized spacial score (nSPS) is 30.2. The second kappa shape index (κ2) is 5.67. The molecule has 3 fully saturated rings. The quantitative estimate of drug-likeness (QED) is 0.781. The molecule has 1 N–H and O–H groups in total. The molecular formula is C17H29NO2. The second-order valence-corrected chi connectivity index (χ2v) is 7.52. The third-order valence-electron chi connectivity index (χ3n) is 6.15. The molecule has 114 valence electrons. The first-order chi connectivity index (χ1) is 9.67. The number of hydrogen-bond donors (Lipinski definition) is 1. The van der Waals surface area contributed by atoms with Crippen molar-refractivity contribution < 1.29 is 9.90 Å². The molecule has 2 saturated carbocycles. The van der Waals surface area contributed by atoms with Crippen LogP contribution in [0.2, 0.25) is 0 Å². The molecule has 1 saturated heterocycles. The molecule has 0 radical (unpaired) electrons. The van der Waals surface area contributed by atoms with E-state index in [0.29, 0.717) is 5.41 Å². The van der Waals surface area contributed by atoms with Crippen LogP contribution in [0.25, 0.3) is 0 Å². The van der Waals surface area contributed by atoms with E-state index in [9.17, 15) is 9.90 Å². The van der Waals surface area contributed by atoms with Crippen LogP contribution < -0.4 is 0 Å². The summed E-state index contributed by atoms with van der Waals surface area (Å²) in [5.74, 6) is -0.553. The summed E-state index contributed by atoms with van der Waals surface area (Å²) >= 11 is 0. The molecule has 3 nitrogen and oxygen atoms in total. The summed E-state index contributed by atoms with van der Waals surface area (Å²) in [4.78, 5) is 14.3. The van der Waals surface area contributed by atoms with E-state index >= 15 is 0 Å². The van der Waals surface area contributed by atoms with Crippen molar-refractivity contribution in [3.8, 4) is 0 Å². The molecule has 2 aliphatic carbocycles. The molecule has 0 aromatic rings. The Bertz CT molecular complexity index is 342. The van der Waals surface area contributed by atoms with E-state index in [0.717, 1.165) is 38.8 Å². The molecule has 20 heavy (non-hydrogen) atoms. The molecule has 1 aliphatic heterocycles. The van der Waals surface area contributed by atoms with Crippen molar-refractivity contribution in [2.45, 2.75) is 82.6 Å². The third-order valence-corrected chi connectivity index (χ3v) is 6.15. The molecule has 3 rings (SSSR count). The van der Waals surface area contributed by atoms with E-state index in [2.05, 4.69) is 4.90 Å². The molecule has 0 bridgehead atoms. The van der Waals surface area contributed by atoms with Crippen molar-refractivity contribution >= 4 is 5.97 Å². The van der Waals surface area contributed by atoms with Crippen molar-refractivity contribution in [1.29, 1.82) is 0 Å². The molecule has 3 heteroatoms. The lowest BCUT2D eigenvalue weighted by Crippen LogP contribution is -2.67. The molecule has 0 unspecified atom stereocenters. The Hall–Kier alpha value is -0.570. The number of hydrogen-bond acceptors (Lipinski definition) is 2. The van der Waals surface area contributed by atoms with Crippen molar-refractivity contribution in [1.82, 2.24) is 4.90 Å². The minimum absolute atomic E-state index is 0.477. The van der Waals surface area contributed by atoms with Gasteiger partial charge in [0.1, 0.15) is 5.54 Å². The van der Waals surface area contributed by atoms with Gasteiger partial charge in [0.05, 0.1) is 0 Å². The Morgan fingerprint density at radius 3 is 1.65 bits per heavy atom. The average Bonchev–Trinajstić information content (AvgIpc) is 2.78. The van der Waals surface area contributed by atoms with Crippen LogP contribution in [0.5, 0.6) is 0 Å². The Kier molecular flexibility index (Phi) is 4.07. The van der Waals surface area contributed by atoms with Gasteiger partial charge in [-0.3, -0.25) is 9.69 Å². The summed E-state index contributed by atoms with van der Waals surface area (Å²) in [7, 11) is 0. The van der Waals surface area contributed by atoms with Crippen molar-refractivity contribution in [2.75, 3.05) is 13.1 Å². The molecule has 0 atom stereocenters. The van der Waals surface area contributed by atoms with Gasteiger partial charge in [-0.25, -0.2) is 0 Å². The van der Waals surface area contributed by atoms with Crippen LogP contribution in [0, 0.1) is 5.41 Å². The Morgan fingerprint density at radius 1 is 0.750 bits per heavy atom. The molecule has 0 amide bonds. The molecular weight excluding hydrogens is 250 g/mol. The van der Waals surface area contributed by atoms with Gasteiger partial charge in [-0.15, -0.1) is 0 Å². The van der Waals surface area contributed by atoms with Crippen LogP contribution in [0.1, 0.15) is 77.0 Å². The highest BCUT2D eigenvalue weighted by Crippen LogP contribution is 2.48. The summed E-state index contributed by atoms with van der Waals surface area (Å²) in [5.41, 5.74) is -0.0424. The van der Waals surface area contributed by atoms with Crippen LogP contribution in [-0.2, 0) is 4.79 Å². The number of likely N-dealkylation sites (tertiary alicyclic amines) is 1. The second-order valence-electron chi connectivity index (χ2n) is 7.52. The van der Waals surface area contributed by atoms with Gasteiger partial charge in [0.15, 0.2) is 0 Å². The molecule has 1 heterocycles. The highest BCUT2D eigenvalue weighted by atomic mass is 16.4. The third kappa shape index (κ3) is 2.49. The van der Waals surface area contributed by atoms with Gasteiger partial charge in [-0.05, 0) is 31.1 Å². The summed E-state index contributed by atoms with van der Waals surface area (Å²) in [6.07, 6.45) is 14.5. The van der Waals surface area contributed by atoms with Gasteiger partial charge in [0, 0.05) is 13.1 Å². The van der Waals surface area contributed by atoms with Crippen LogP contribution in [-0.4, -0.2) is 34.6 Å². The zero-order chi connectivity index (χ0) is 14.1. The standard InChI is InChI=1S/C17H29NO2/c19-15(20)17(11-7-3-4-8-12-17)18-13-16(14-18)9-5-1-2-6-10-16/h1-14H2,(H,19,20). The summed E-state index contributed by atoms with van der Waals surface area (Å²) in [6, 6.07) is 0. The number of carbonyl (C=O) groups is 1. The summed E-state index contributed by atoms with van der Waals surface area (Å²) in [5, 5.41) is 9.85. The Balaban J connectivity index is 1.70. The van der Waals surface area contributed by atoms with E-state index in [4.69, 9.17) is 0 Å². The van der Waals surface area contributed by atoms with Gasteiger partial charge in [0.25, 0.3) is 0 Å². The fraction of sp³-hybridized carbons (Fsp3) is 0.941. The molecule has 0 aromatic heterocycles. The number of nitrogens with zero attached hydrogens (tertiary/aromatic N) is 1. The van der Waals surface area contributed by atoms with Gasteiger partial charge in [-0.1, -0.05) is 51.4 Å². The topological polar surface area (TPSA) is 40.5 Å². The van der Waals surface area contributed by atoms with Crippen LogP contribution in [0.3, 0.4) is 0 Å². The maximum atomic E-state index is 12.0. The first-order valence-corrected chi connectivity index (χ1v) is 8.66. The number of rotatable bonds is 2. The predicted octanol–water partition coefficient (Wildman–Crippen LogP) is 3.82. The number of aliphatic carboxylic acids is 1. The maximum absolute atomic E-state index is 12.0. The van der Waals surface area contributed by atoms with Gasteiger partial charge >= 0.3 is 5.97 Å². The summed E-state index contributed by atoms with van der Waals surface area (Å²) in [6.45, 7) is 2.11. The van der Waals surface area contributed by atoms with E-state index < -0.39 is 11.5 Å². The lowest BCUT2D eigenvalue weighted by molar-refractivity contribution is -0.166. The number of carboxylic acid groups (broad SMARTS) is 1. The predicted molar refractivity (Wildman–Crippen MR) is 79.8 cm³/mol. The van der Waals surface area contributed by atoms with Crippen molar-refractivity contribution in [2.24, 2.45) is 5.41 Å². The van der Waals surface area contributed by atoms with Crippen LogP contribution >= 0.6 is 0 Å². The first kappa shape index (κ1) is 14.4. The molecule has 0 aromatic carbocycles. The molecule has 3 aliphatic rings. The smallest absolute Gasteiger partial charge is 0.324 e. The van der Waals surface area contributed by atoms with Crippen LogP contribution in [0.4, 0.5) is 0 Å². The van der Waals surface area contributed by atoms with Gasteiger partial charge in [-0.2, -0.15) is 0 Å². The Morgan fingerprint density at radius 2 is 1.20 bits per heavy atom. The molecule has 1 spiro atoms. The van der Waals surface area contributed by atoms with E-state index in [1.807, 2.05) is 0 Å². The van der Waals surface area contributed by atoms with E-state index in [-0.39, 0.29) is 0 Å². The lowest BCUT2D eigenvalue weighted by Gasteiger charge is -2.57. The summed E-state index contributed by atoms with van der Waals surface area (Å²) < 4.78 is 0. The number of carboxylic acids is 1. The zero-order valence-corrected chi connectivity index (χ0v) is 12.7. The monoisotopic (exact) mass is 279 g/mol. The highest BCUT2D eigenvalue weighted by Gasteiger charge is 2.54. The highest BCUT2D eigenvalue weighted by molar-refractivity contribution is 5.79. The van der Waals surface area contributed by atoms with Gasteiger partial charge < -0.3 is 5.11 Å². The Labute approximate surface area is 122 Å². The first-order valence-electron chi connectivity index (χ1n) is 8.66. The minimum Gasteiger partial charge on any atom is -0.480 e. The van der Waals surface area contributed by atoms with Gasteiger partial charge in [0.2, 0.25) is 0 Å². The fourth-order valence-corrected chi connectivity index (χ4v) is 4.84.